The zero-order chi connectivity index (χ0) is 8.39. The largest absolute Gasteiger partial charge is 0.378 e. The highest BCUT2D eigenvalue weighted by atomic mass is 16.5. The molecule has 12 heavy (non-hydrogen) atoms. The third kappa shape index (κ3) is 1.51. The van der Waals surface area contributed by atoms with Gasteiger partial charge in [-0.15, -0.1) is 0 Å². The second kappa shape index (κ2) is 3.28. The Labute approximate surface area is 73.4 Å². The van der Waals surface area contributed by atoms with Crippen LogP contribution < -0.4 is 0 Å². The first-order valence-corrected chi connectivity index (χ1v) is 4.53. The van der Waals surface area contributed by atoms with Crippen LogP contribution in [-0.2, 0) is 4.74 Å². The second-order valence-electron chi connectivity index (χ2n) is 3.49. The highest BCUT2D eigenvalue weighted by molar-refractivity contribution is 5.20. The Bertz CT molecular complexity index is 242. The molecule has 0 saturated carbocycles. The van der Waals surface area contributed by atoms with Crippen molar-refractivity contribution in [1.29, 1.82) is 0 Å². The van der Waals surface area contributed by atoms with E-state index in [0.29, 0.717) is 12.0 Å². The van der Waals surface area contributed by atoms with E-state index in [4.69, 9.17) is 4.74 Å². The zero-order valence-corrected chi connectivity index (χ0v) is 7.36. The van der Waals surface area contributed by atoms with Gasteiger partial charge in [-0.1, -0.05) is 30.3 Å². The molecule has 1 aromatic carbocycles. The van der Waals surface area contributed by atoms with Crippen molar-refractivity contribution in [2.75, 3.05) is 6.61 Å². The van der Waals surface area contributed by atoms with Gasteiger partial charge >= 0.3 is 0 Å². The van der Waals surface area contributed by atoms with Crippen molar-refractivity contribution in [1.82, 2.24) is 0 Å². The van der Waals surface area contributed by atoms with E-state index in [1.54, 1.807) is 0 Å². The fourth-order valence-electron chi connectivity index (χ4n) is 1.77. The molecule has 1 aliphatic heterocycles. The van der Waals surface area contributed by atoms with Crippen LogP contribution in [0.2, 0.25) is 0 Å². The molecule has 0 amide bonds. The first-order chi connectivity index (χ1) is 5.86. The van der Waals surface area contributed by atoms with E-state index in [-0.39, 0.29) is 0 Å². The molecule has 1 aromatic rings. The summed E-state index contributed by atoms with van der Waals surface area (Å²) in [5.74, 6) is 0.626. The van der Waals surface area contributed by atoms with Crippen LogP contribution in [0.15, 0.2) is 30.3 Å². The Morgan fingerprint density at radius 3 is 2.58 bits per heavy atom. The molecule has 1 fully saturated rings. The van der Waals surface area contributed by atoms with Crippen molar-refractivity contribution in [2.45, 2.75) is 25.4 Å². The van der Waals surface area contributed by atoms with Crippen LogP contribution in [0.25, 0.3) is 0 Å². The van der Waals surface area contributed by atoms with Gasteiger partial charge in [-0.3, -0.25) is 0 Å². The fourth-order valence-corrected chi connectivity index (χ4v) is 1.77. The van der Waals surface area contributed by atoms with Gasteiger partial charge in [-0.2, -0.15) is 0 Å². The average Bonchev–Trinajstić information content (AvgIpc) is 2.54. The van der Waals surface area contributed by atoms with Crippen molar-refractivity contribution >= 4 is 0 Å². The lowest BCUT2D eigenvalue weighted by molar-refractivity contribution is 0.123. The zero-order valence-electron chi connectivity index (χ0n) is 7.36. The normalized spacial score (nSPS) is 29.1. The summed E-state index contributed by atoms with van der Waals surface area (Å²) in [7, 11) is 0. The standard InChI is InChI=1S/C11H14O/c1-9-7-11(8-12-9)10-5-3-2-4-6-10/h2-6,9,11H,7-8H2,1H3/t9-,11-/m1/s1. The van der Waals surface area contributed by atoms with Gasteiger partial charge in [0.2, 0.25) is 0 Å². The highest BCUT2D eigenvalue weighted by Crippen LogP contribution is 2.28. The van der Waals surface area contributed by atoms with Crippen LogP contribution in [0, 0.1) is 0 Å². The third-order valence-electron chi connectivity index (χ3n) is 2.47. The summed E-state index contributed by atoms with van der Waals surface area (Å²) < 4.78 is 5.52. The van der Waals surface area contributed by atoms with Crippen LogP contribution in [0.1, 0.15) is 24.8 Å². The molecule has 0 bridgehead atoms. The molecule has 0 spiro atoms. The summed E-state index contributed by atoms with van der Waals surface area (Å²) in [5, 5.41) is 0. The van der Waals surface area contributed by atoms with E-state index in [9.17, 15) is 0 Å². The van der Waals surface area contributed by atoms with Crippen LogP contribution in [0.4, 0.5) is 0 Å². The van der Waals surface area contributed by atoms with Gasteiger partial charge in [0.15, 0.2) is 0 Å². The van der Waals surface area contributed by atoms with E-state index in [1.165, 1.54) is 12.0 Å². The maximum Gasteiger partial charge on any atom is 0.0554 e. The Balaban J connectivity index is 2.11. The van der Waals surface area contributed by atoms with Crippen LogP contribution >= 0.6 is 0 Å². The number of ether oxygens (including phenoxy) is 1. The van der Waals surface area contributed by atoms with Crippen molar-refractivity contribution < 1.29 is 4.74 Å². The fraction of sp³-hybridized carbons (Fsp3) is 0.455. The maximum absolute atomic E-state index is 5.52. The Morgan fingerprint density at radius 1 is 1.25 bits per heavy atom. The van der Waals surface area contributed by atoms with Gasteiger partial charge in [0.05, 0.1) is 12.7 Å². The van der Waals surface area contributed by atoms with Gasteiger partial charge in [-0.05, 0) is 18.9 Å². The maximum atomic E-state index is 5.52. The first-order valence-electron chi connectivity index (χ1n) is 4.53. The van der Waals surface area contributed by atoms with Gasteiger partial charge in [0.25, 0.3) is 0 Å². The average molecular weight is 162 g/mol. The SMILES string of the molecule is C[C@@H]1C[C@@H](c2ccccc2)CO1. The molecule has 1 nitrogen and oxygen atoms in total. The summed E-state index contributed by atoms with van der Waals surface area (Å²) in [5.41, 5.74) is 1.42. The number of benzene rings is 1. The molecule has 1 saturated heterocycles. The van der Waals surface area contributed by atoms with E-state index in [2.05, 4.69) is 37.3 Å². The molecule has 1 aliphatic rings. The van der Waals surface area contributed by atoms with Gasteiger partial charge in [0, 0.05) is 5.92 Å². The minimum Gasteiger partial charge on any atom is -0.378 e. The van der Waals surface area contributed by atoms with Crippen molar-refractivity contribution in [3.63, 3.8) is 0 Å². The first kappa shape index (κ1) is 7.81. The van der Waals surface area contributed by atoms with Crippen LogP contribution in [-0.4, -0.2) is 12.7 Å². The molecule has 1 heterocycles. The molecule has 0 N–H and O–H groups in total. The van der Waals surface area contributed by atoms with E-state index in [0.717, 1.165) is 6.61 Å². The van der Waals surface area contributed by atoms with Gasteiger partial charge in [-0.25, -0.2) is 0 Å². The molecule has 0 radical (unpaired) electrons. The number of rotatable bonds is 1. The van der Waals surface area contributed by atoms with Crippen LogP contribution in [0.5, 0.6) is 0 Å². The second-order valence-corrected chi connectivity index (χ2v) is 3.49. The summed E-state index contributed by atoms with van der Waals surface area (Å²) in [6.45, 7) is 3.04. The quantitative estimate of drug-likeness (QED) is 0.616. The van der Waals surface area contributed by atoms with Crippen molar-refractivity contribution in [2.24, 2.45) is 0 Å². The number of hydrogen-bond donors (Lipinski definition) is 0. The molecular weight excluding hydrogens is 148 g/mol. The lowest BCUT2D eigenvalue weighted by Gasteiger charge is -2.06. The lowest BCUT2D eigenvalue weighted by Crippen LogP contribution is -1.96. The van der Waals surface area contributed by atoms with Crippen molar-refractivity contribution in [3.05, 3.63) is 35.9 Å². The predicted octanol–water partition coefficient (Wildman–Crippen LogP) is 2.58. The predicted molar refractivity (Wildman–Crippen MR) is 49.2 cm³/mol. The molecule has 0 aliphatic carbocycles. The van der Waals surface area contributed by atoms with E-state index in [1.807, 2.05) is 0 Å². The topological polar surface area (TPSA) is 9.23 Å². The van der Waals surface area contributed by atoms with E-state index < -0.39 is 0 Å². The minimum atomic E-state index is 0.440. The van der Waals surface area contributed by atoms with E-state index >= 15 is 0 Å². The monoisotopic (exact) mass is 162 g/mol. The molecule has 64 valence electrons. The van der Waals surface area contributed by atoms with Gasteiger partial charge < -0.3 is 4.74 Å². The molecule has 0 aromatic heterocycles. The lowest BCUT2D eigenvalue weighted by atomic mass is 9.97. The molecule has 0 unspecified atom stereocenters. The van der Waals surface area contributed by atoms with Gasteiger partial charge in [0.1, 0.15) is 0 Å². The smallest absolute Gasteiger partial charge is 0.0554 e. The summed E-state index contributed by atoms with van der Waals surface area (Å²) in [4.78, 5) is 0. The minimum absolute atomic E-state index is 0.440. The highest BCUT2D eigenvalue weighted by Gasteiger charge is 2.22. The number of hydrogen-bond acceptors (Lipinski definition) is 1. The third-order valence-corrected chi connectivity index (χ3v) is 2.47. The molecular formula is C11H14O. The Morgan fingerprint density at radius 2 is 2.00 bits per heavy atom. The van der Waals surface area contributed by atoms with Crippen LogP contribution in [0.3, 0.4) is 0 Å². The molecule has 1 heteroatoms. The Kier molecular flexibility index (Phi) is 2.13. The summed E-state index contributed by atoms with van der Waals surface area (Å²) in [6, 6.07) is 10.6. The summed E-state index contributed by atoms with van der Waals surface area (Å²) >= 11 is 0. The van der Waals surface area contributed by atoms with Crippen molar-refractivity contribution in [3.8, 4) is 0 Å². The Hall–Kier alpha value is -0.820. The summed E-state index contributed by atoms with van der Waals surface area (Å²) in [6.07, 6.45) is 1.61. The molecule has 2 rings (SSSR count). The molecule has 2 atom stereocenters.